The van der Waals surface area contributed by atoms with Gasteiger partial charge in [-0.1, -0.05) is 13.0 Å². The van der Waals surface area contributed by atoms with Crippen molar-refractivity contribution < 1.29 is 4.39 Å². The number of anilines is 1. The third-order valence-corrected chi connectivity index (χ3v) is 4.82. The van der Waals surface area contributed by atoms with Crippen molar-refractivity contribution in [1.82, 2.24) is 25.4 Å². The summed E-state index contributed by atoms with van der Waals surface area (Å²) in [5, 5.41) is 14.9. The Labute approximate surface area is 182 Å². The molecule has 0 spiro atoms. The average Bonchev–Trinajstić information content (AvgIpc) is 3.15. The molecule has 9 heteroatoms. The molecule has 1 fully saturated rings. The molecule has 3 rings (SSSR count). The lowest BCUT2D eigenvalue weighted by Gasteiger charge is -2.35. The van der Waals surface area contributed by atoms with Crippen LogP contribution in [0.1, 0.15) is 25.6 Å². The molecule has 0 bridgehead atoms. The number of halogens is 2. The summed E-state index contributed by atoms with van der Waals surface area (Å²) in [7, 11) is 1.78. The zero-order valence-corrected chi connectivity index (χ0v) is 18.8. The van der Waals surface area contributed by atoms with Gasteiger partial charge in [0.15, 0.2) is 5.96 Å². The first-order valence-electron chi connectivity index (χ1n) is 9.54. The number of nitrogens with zero attached hydrogens (tertiary/aromatic N) is 5. The number of aromatic nitrogens is 3. The lowest BCUT2D eigenvalue weighted by atomic mass is 10.0. The van der Waals surface area contributed by atoms with Crippen LogP contribution in [0.25, 0.3) is 0 Å². The third kappa shape index (κ3) is 6.05. The molecular formula is C19H29FIN7. The first-order valence-corrected chi connectivity index (χ1v) is 9.54. The van der Waals surface area contributed by atoms with Crippen LogP contribution in [0.3, 0.4) is 0 Å². The molecule has 2 aromatic rings. The fraction of sp³-hybridized carbons (Fsp3) is 0.526. The SMILES string of the molecule is CCc1nncn1CCNC(=NC)NC1CCCN(c2cccc(F)c2)C1.I. The number of piperidine rings is 1. The van der Waals surface area contributed by atoms with Crippen molar-refractivity contribution >= 4 is 35.6 Å². The largest absolute Gasteiger partial charge is 0.369 e. The van der Waals surface area contributed by atoms with Crippen molar-refractivity contribution in [2.45, 2.75) is 38.8 Å². The van der Waals surface area contributed by atoms with Crippen molar-refractivity contribution in [1.29, 1.82) is 0 Å². The second-order valence-corrected chi connectivity index (χ2v) is 6.70. The zero-order valence-electron chi connectivity index (χ0n) is 16.4. The molecule has 1 aliphatic rings. The maximum atomic E-state index is 13.5. The second-order valence-electron chi connectivity index (χ2n) is 6.70. The molecule has 1 aromatic heterocycles. The summed E-state index contributed by atoms with van der Waals surface area (Å²) in [6.45, 7) is 5.38. The van der Waals surface area contributed by atoms with Crippen LogP contribution in [0.5, 0.6) is 0 Å². The lowest BCUT2D eigenvalue weighted by Crippen LogP contribution is -2.51. The fourth-order valence-corrected chi connectivity index (χ4v) is 3.42. The monoisotopic (exact) mass is 501 g/mol. The van der Waals surface area contributed by atoms with Gasteiger partial charge in [-0.3, -0.25) is 4.99 Å². The minimum Gasteiger partial charge on any atom is -0.369 e. The molecule has 1 aliphatic heterocycles. The summed E-state index contributed by atoms with van der Waals surface area (Å²) in [6.07, 6.45) is 4.75. The predicted molar refractivity (Wildman–Crippen MR) is 121 cm³/mol. The number of aliphatic imine (C=N–C) groups is 1. The van der Waals surface area contributed by atoms with Crippen LogP contribution < -0.4 is 15.5 Å². The van der Waals surface area contributed by atoms with Gasteiger partial charge in [-0.2, -0.15) is 0 Å². The molecule has 2 heterocycles. The van der Waals surface area contributed by atoms with Crippen LogP contribution in [-0.4, -0.2) is 53.4 Å². The minimum atomic E-state index is -0.194. The van der Waals surface area contributed by atoms with Gasteiger partial charge in [0.25, 0.3) is 0 Å². The second kappa shape index (κ2) is 11.2. The van der Waals surface area contributed by atoms with E-state index in [0.717, 1.165) is 62.9 Å². The maximum absolute atomic E-state index is 13.5. The van der Waals surface area contributed by atoms with E-state index >= 15 is 0 Å². The predicted octanol–water partition coefficient (Wildman–Crippen LogP) is 2.43. The Hall–Kier alpha value is -1.91. The Balaban J connectivity index is 0.00000280. The van der Waals surface area contributed by atoms with E-state index in [1.807, 2.05) is 10.6 Å². The Morgan fingerprint density at radius 2 is 2.25 bits per heavy atom. The molecule has 0 amide bonds. The van der Waals surface area contributed by atoms with Crippen molar-refractivity contribution in [2.75, 3.05) is 31.6 Å². The van der Waals surface area contributed by atoms with E-state index in [2.05, 4.69) is 37.6 Å². The number of hydrogen-bond donors (Lipinski definition) is 2. The number of hydrogen-bond acceptors (Lipinski definition) is 4. The number of guanidine groups is 1. The van der Waals surface area contributed by atoms with Crippen molar-refractivity contribution in [3.8, 4) is 0 Å². The molecule has 1 aromatic carbocycles. The fourth-order valence-electron chi connectivity index (χ4n) is 3.42. The van der Waals surface area contributed by atoms with Crippen LogP contribution in [0.2, 0.25) is 0 Å². The van der Waals surface area contributed by atoms with Crippen LogP contribution in [-0.2, 0) is 13.0 Å². The van der Waals surface area contributed by atoms with Crippen LogP contribution in [0, 0.1) is 5.82 Å². The summed E-state index contributed by atoms with van der Waals surface area (Å²) in [5.74, 6) is 1.57. The van der Waals surface area contributed by atoms with Crippen LogP contribution in [0.15, 0.2) is 35.6 Å². The first kappa shape index (κ1) is 22.4. The molecule has 0 aliphatic carbocycles. The maximum Gasteiger partial charge on any atom is 0.191 e. The van der Waals surface area contributed by atoms with E-state index < -0.39 is 0 Å². The van der Waals surface area contributed by atoms with Gasteiger partial charge in [-0.15, -0.1) is 34.2 Å². The molecule has 2 N–H and O–H groups in total. The number of nitrogens with one attached hydrogen (secondary N) is 2. The summed E-state index contributed by atoms with van der Waals surface area (Å²) in [5.41, 5.74) is 0.934. The van der Waals surface area contributed by atoms with E-state index in [4.69, 9.17) is 0 Å². The summed E-state index contributed by atoms with van der Waals surface area (Å²) < 4.78 is 15.6. The molecule has 0 radical (unpaired) electrons. The highest BCUT2D eigenvalue weighted by Gasteiger charge is 2.21. The molecule has 7 nitrogen and oxygen atoms in total. The quantitative estimate of drug-likeness (QED) is 0.362. The average molecular weight is 501 g/mol. The molecule has 1 atom stereocenters. The number of benzene rings is 1. The Kier molecular flexibility index (Phi) is 8.94. The Morgan fingerprint density at radius 3 is 3.00 bits per heavy atom. The molecule has 1 unspecified atom stereocenters. The van der Waals surface area contributed by atoms with E-state index in [0.29, 0.717) is 0 Å². The van der Waals surface area contributed by atoms with Gasteiger partial charge in [0.1, 0.15) is 18.0 Å². The first-order chi connectivity index (χ1) is 13.2. The van der Waals surface area contributed by atoms with Gasteiger partial charge in [0.2, 0.25) is 0 Å². The van der Waals surface area contributed by atoms with E-state index in [9.17, 15) is 4.39 Å². The highest BCUT2D eigenvalue weighted by molar-refractivity contribution is 14.0. The smallest absolute Gasteiger partial charge is 0.191 e. The van der Waals surface area contributed by atoms with Crippen molar-refractivity contribution in [3.63, 3.8) is 0 Å². The van der Waals surface area contributed by atoms with Crippen molar-refractivity contribution in [2.24, 2.45) is 4.99 Å². The van der Waals surface area contributed by atoms with Gasteiger partial charge < -0.3 is 20.1 Å². The Bertz CT molecular complexity index is 764. The normalized spacial score (nSPS) is 17.2. The van der Waals surface area contributed by atoms with Gasteiger partial charge >= 0.3 is 0 Å². The van der Waals surface area contributed by atoms with Crippen LogP contribution in [0.4, 0.5) is 10.1 Å². The van der Waals surface area contributed by atoms with Gasteiger partial charge in [-0.05, 0) is 31.0 Å². The number of aryl methyl sites for hydroxylation is 1. The van der Waals surface area contributed by atoms with E-state index in [1.54, 1.807) is 25.5 Å². The highest BCUT2D eigenvalue weighted by Crippen LogP contribution is 2.20. The van der Waals surface area contributed by atoms with E-state index in [1.165, 1.54) is 6.07 Å². The minimum absolute atomic E-state index is 0. The zero-order chi connectivity index (χ0) is 19.1. The van der Waals surface area contributed by atoms with Gasteiger partial charge in [-0.25, -0.2) is 4.39 Å². The summed E-state index contributed by atoms with van der Waals surface area (Å²) in [6, 6.07) is 7.07. The standard InChI is InChI=1S/C19H28FN7.HI/c1-3-18-25-23-14-27(18)11-9-22-19(21-2)24-16-7-5-10-26(13-16)17-8-4-6-15(20)12-17;/h4,6,8,12,14,16H,3,5,7,9-11,13H2,1-2H3,(H2,21,22,24);1H. The van der Waals surface area contributed by atoms with Gasteiger partial charge in [0, 0.05) is 51.4 Å². The summed E-state index contributed by atoms with van der Waals surface area (Å²) in [4.78, 5) is 6.56. The topological polar surface area (TPSA) is 70.4 Å². The molecule has 0 saturated carbocycles. The Morgan fingerprint density at radius 1 is 1.39 bits per heavy atom. The third-order valence-electron chi connectivity index (χ3n) is 4.82. The van der Waals surface area contributed by atoms with Crippen molar-refractivity contribution in [3.05, 3.63) is 42.2 Å². The molecule has 1 saturated heterocycles. The summed E-state index contributed by atoms with van der Waals surface area (Å²) >= 11 is 0. The molecule has 154 valence electrons. The molecule has 28 heavy (non-hydrogen) atoms. The number of rotatable bonds is 6. The molecular weight excluding hydrogens is 472 g/mol. The van der Waals surface area contributed by atoms with Crippen LogP contribution >= 0.6 is 24.0 Å². The lowest BCUT2D eigenvalue weighted by molar-refractivity contribution is 0.466. The van der Waals surface area contributed by atoms with Gasteiger partial charge in [0.05, 0.1) is 0 Å². The van der Waals surface area contributed by atoms with E-state index in [-0.39, 0.29) is 35.8 Å². The highest BCUT2D eigenvalue weighted by atomic mass is 127.